The first kappa shape index (κ1) is 15.8. The minimum atomic E-state index is -0.636. The Morgan fingerprint density at radius 1 is 1.09 bits per heavy atom. The molecular weight excluding hydrogens is 278 g/mol. The Bertz CT molecular complexity index is 694. The summed E-state index contributed by atoms with van der Waals surface area (Å²) in [6.07, 6.45) is -0.636. The average Bonchev–Trinajstić information content (AvgIpc) is 2.47. The van der Waals surface area contributed by atoms with Crippen LogP contribution in [0, 0.1) is 6.92 Å². The summed E-state index contributed by atoms with van der Waals surface area (Å²) < 4.78 is 5.63. The number of hydrogen-bond donors (Lipinski definition) is 1. The van der Waals surface area contributed by atoms with Crippen LogP contribution in [0.1, 0.15) is 29.8 Å². The largest absolute Gasteiger partial charge is 0.481 e. The molecule has 1 amide bonds. The molecule has 0 saturated carbocycles. The molecule has 0 aliphatic carbocycles. The lowest BCUT2D eigenvalue weighted by Crippen LogP contribution is -2.30. The van der Waals surface area contributed by atoms with Crippen molar-refractivity contribution in [3.63, 3.8) is 0 Å². The third-order valence-electron chi connectivity index (χ3n) is 3.21. The number of hydrogen-bond acceptors (Lipinski definition) is 3. The van der Waals surface area contributed by atoms with Crippen LogP contribution < -0.4 is 10.1 Å². The number of Topliss-reactive ketones (excluding diaryl/α,β-unsaturated/α-hetero) is 1. The number of carbonyl (C=O) groups is 2. The number of amides is 1. The SMILES string of the molecule is CC(=O)c1cccc(NC(=O)C(C)Oc2cccc(C)c2)c1. The summed E-state index contributed by atoms with van der Waals surface area (Å²) >= 11 is 0. The van der Waals surface area contributed by atoms with Gasteiger partial charge in [0.1, 0.15) is 5.75 Å². The third kappa shape index (κ3) is 4.19. The van der Waals surface area contributed by atoms with E-state index in [0.717, 1.165) is 5.56 Å². The van der Waals surface area contributed by atoms with E-state index in [1.807, 2.05) is 31.2 Å². The van der Waals surface area contributed by atoms with Gasteiger partial charge in [-0.05, 0) is 50.6 Å². The number of carbonyl (C=O) groups excluding carboxylic acids is 2. The lowest BCUT2D eigenvalue weighted by atomic mass is 10.1. The van der Waals surface area contributed by atoms with E-state index in [9.17, 15) is 9.59 Å². The average molecular weight is 297 g/mol. The third-order valence-corrected chi connectivity index (χ3v) is 3.21. The maximum absolute atomic E-state index is 12.2. The fraction of sp³-hybridized carbons (Fsp3) is 0.222. The van der Waals surface area contributed by atoms with Gasteiger partial charge in [0.05, 0.1) is 0 Å². The van der Waals surface area contributed by atoms with Crippen molar-refractivity contribution in [2.75, 3.05) is 5.32 Å². The molecule has 0 bridgehead atoms. The summed E-state index contributed by atoms with van der Waals surface area (Å²) in [4.78, 5) is 23.5. The van der Waals surface area contributed by atoms with E-state index in [0.29, 0.717) is 17.0 Å². The molecular formula is C18H19NO3. The summed E-state index contributed by atoms with van der Waals surface area (Å²) in [7, 11) is 0. The van der Waals surface area contributed by atoms with E-state index in [1.54, 1.807) is 31.2 Å². The minimum Gasteiger partial charge on any atom is -0.481 e. The molecule has 2 aromatic rings. The van der Waals surface area contributed by atoms with Gasteiger partial charge in [-0.25, -0.2) is 0 Å². The van der Waals surface area contributed by atoms with E-state index in [-0.39, 0.29) is 11.7 Å². The zero-order valence-corrected chi connectivity index (χ0v) is 12.9. The lowest BCUT2D eigenvalue weighted by Gasteiger charge is -2.15. The van der Waals surface area contributed by atoms with Crippen molar-refractivity contribution in [3.05, 3.63) is 59.7 Å². The summed E-state index contributed by atoms with van der Waals surface area (Å²) in [5.41, 5.74) is 2.21. The van der Waals surface area contributed by atoms with Crippen molar-refractivity contribution in [3.8, 4) is 5.75 Å². The zero-order chi connectivity index (χ0) is 16.1. The highest BCUT2D eigenvalue weighted by atomic mass is 16.5. The first-order valence-corrected chi connectivity index (χ1v) is 7.11. The highest BCUT2D eigenvalue weighted by Crippen LogP contribution is 2.16. The van der Waals surface area contributed by atoms with E-state index in [1.165, 1.54) is 6.92 Å². The summed E-state index contributed by atoms with van der Waals surface area (Å²) in [6, 6.07) is 14.4. The predicted octanol–water partition coefficient (Wildman–Crippen LogP) is 3.60. The molecule has 0 aliphatic heterocycles. The Balaban J connectivity index is 2.02. The molecule has 0 saturated heterocycles. The fourth-order valence-electron chi connectivity index (χ4n) is 2.01. The van der Waals surface area contributed by atoms with Gasteiger partial charge >= 0.3 is 0 Å². The molecule has 2 rings (SSSR count). The van der Waals surface area contributed by atoms with Crippen LogP contribution in [-0.4, -0.2) is 17.8 Å². The van der Waals surface area contributed by atoms with Crippen LogP contribution in [0.15, 0.2) is 48.5 Å². The molecule has 1 atom stereocenters. The molecule has 1 N–H and O–H groups in total. The normalized spacial score (nSPS) is 11.6. The second-order valence-electron chi connectivity index (χ2n) is 5.20. The molecule has 2 aromatic carbocycles. The van der Waals surface area contributed by atoms with Crippen molar-refractivity contribution in [1.29, 1.82) is 0 Å². The molecule has 0 fully saturated rings. The van der Waals surface area contributed by atoms with E-state index in [4.69, 9.17) is 4.74 Å². The van der Waals surface area contributed by atoms with Gasteiger partial charge in [0.15, 0.2) is 11.9 Å². The first-order chi connectivity index (χ1) is 10.5. The molecule has 0 radical (unpaired) electrons. The van der Waals surface area contributed by atoms with Crippen LogP contribution in [0.5, 0.6) is 5.75 Å². The van der Waals surface area contributed by atoms with Crippen LogP contribution in [0.4, 0.5) is 5.69 Å². The Kier molecular flexibility index (Phi) is 4.94. The number of nitrogens with one attached hydrogen (secondary N) is 1. The number of rotatable bonds is 5. The van der Waals surface area contributed by atoms with Crippen LogP contribution in [0.2, 0.25) is 0 Å². The predicted molar refractivity (Wildman–Crippen MR) is 86.3 cm³/mol. The van der Waals surface area contributed by atoms with Crippen molar-refractivity contribution in [2.45, 2.75) is 26.9 Å². The van der Waals surface area contributed by atoms with Gasteiger partial charge < -0.3 is 10.1 Å². The second kappa shape index (κ2) is 6.89. The van der Waals surface area contributed by atoms with Gasteiger partial charge in [0.2, 0.25) is 0 Å². The number of aryl methyl sites for hydroxylation is 1. The Labute approximate surface area is 130 Å². The molecule has 4 heteroatoms. The molecule has 4 nitrogen and oxygen atoms in total. The van der Waals surface area contributed by atoms with Crippen molar-refractivity contribution in [1.82, 2.24) is 0 Å². The van der Waals surface area contributed by atoms with Crippen molar-refractivity contribution < 1.29 is 14.3 Å². The fourth-order valence-corrected chi connectivity index (χ4v) is 2.01. The number of benzene rings is 2. The van der Waals surface area contributed by atoms with Gasteiger partial charge in [-0.15, -0.1) is 0 Å². The van der Waals surface area contributed by atoms with E-state index >= 15 is 0 Å². The van der Waals surface area contributed by atoms with Gasteiger partial charge in [-0.3, -0.25) is 9.59 Å². The van der Waals surface area contributed by atoms with Gasteiger partial charge in [-0.1, -0.05) is 24.3 Å². The smallest absolute Gasteiger partial charge is 0.265 e. The molecule has 1 unspecified atom stereocenters. The van der Waals surface area contributed by atoms with Crippen molar-refractivity contribution >= 4 is 17.4 Å². The quantitative estimate of drug-likeness (QED) is 0.858. The minimum absolute atomic E-state index is 0.0415. The topological polar surface area (TPSA) is 55.4 Å². The van der Waals surface area contributed by atoms with Gasteiger partial charge in [-0.2, -0.15) is 0 Å². The number of ketones is 1. The molecule has 0 aliphatic rings. The Hall–Kier alpha value is -2.62. The summed E-state index contributed by atoms with van der Waals surface area (Å²) in [6.45, 7) is 5.14. The van der Waals surface area contributed by atoms with Crippen LogP contribution in [-0.2, 0) is 4.79 Å². The van der Waals surface area contributed by atoms with Crippen molar-refractivity contribution in [2.24, 2.45) is 0 Å². The van der Waals surface area contributed by atoms with E-state index < -0.39 is 6.10 Å². The maximum atomic E-state index is 12.2. The Morgan fingerprint density at radius 2 is 1.82 bits per heavy atom. The molecule has 22 heavy (non-hydrogen) atoms. The van der Waals surface area contributed by atoms with Crippen LogP contribution >= 0.6 is 0 Å². The summed E-state index contributed by atoms with van der Waals surface area (Å²) in [5.74, 6) is 0.350. The molecule has 0 heterocycles. The number of ether oxygens (including phenoxy) is 1. The summed E-state index contributed by atoms with van der Waals surface area (Å²) in [5, 5.41) is 2.76. The highest BCUT2D eigenvalue weighted by molar-refractivity contribution is 5.98. The van der Waals surface area contributed by atoms with Crippen LogP contribution in [0.3, 0.4) is 0 Å². The lowest BCUT2D eigenvalue weighted by molar-refractivity contribution is -0.122. The Morgan fingerprint density at radius 3 is 2.50 bits per heavy atom. The molecule has 0 aromatic heterocycles. The van der Waals surface area contributed by atoms with E-state index in [2.05, 4.69) is 5.32 Å². The highest BCUT2D eigenvalue weighted by Gasteiger charge is 2.15. The molecule has 114 valence electrons. The van der Waals surface area contributed by atoms with Gasteiger partial charge in [0, 0.05) is 11.3 Å². The second-order valence-corrected chi connectivity index (χ2v) is 5.20. The first-order valence-electron chi connectivity index (χ1n) is 7.11. The number of anilines is 1. The van der Waals surface area contributed by atoms with Crippen LogP contribution in [0.25, 0.3) is 0 Å². The monoisotopic (exact) mass is 297 g/mol. The molecule has 0 spiro atoms. The zero-order valence-electron chi connectivity index (χ0n) is 12.9. The van der Waals surface area contributed by atoms with Gasteiger partial charge in [0.25, 0.3) is 5.91 Å². The standard InChI is InChI=1S/C18H19NO3/c1-12-6-4-9-17(10-12)22-14(3)18(21)19-16-8-5-7-15(11-16)13(2)20/h4-11,14H,1-3H3,(H,19,21). The maximum Gasteiger partial charge on any atom is 0.265 e.